The first-order chi connectivity index (χ1) is 23.0. The third-order valence-corrected chi connectivity index (χ3v) is 9.08. The Balaban J connectivity index is 1.14. The number of nitrogen functional groups attached to an aromatic ring is 1. The van der Waals surface area contributed by atoms with E-state index in [2.05, 4.69) is 34.1 Å². The molecule has 1 atom stereocenters. The first-order valence-electron chi connectivity index (χ1n) is 15.5. The van der Waals surface area contributed by atoms with E-state index in [-0.39, 0.29) is 17.9 Å². The molecule has 2 amide bonds. The molecule has 0 saturated heterocycles. The number of rotatable bonds is 6. The number of fused-ring (bicyclic) bond motifs is 3. The van der Waals surface area contributed by atoms with Crippen LogP contribution in [0, 0.1) is 0 Å². The lowest BCUT2D eigenvalue weighted by Crippen LogP contribution is -2.37. The van der Waals surface area contributed by atoms with Gasteiger partial charge >= 0.3 is 0 Å². The standard InChI is InChI=1S/C36H31N9O2/c1-2-32(46)43-19-15-22-6-3-7-26(28(22)21-43)36(47)41-29-12-9-23-20-24(10-11-25(23)29)45-34(27-8-4-16-38-33(27)37)40-30-13-14-31(42-35(30)45)44-18-5-17-39-44/h2-8,10-11,13-14,16-18,20,29H,1,9,12,15,19,21H2,(H2,37,38)(H,41,47)/t29-/m1/s1. The summed E-state index contributed by atoms with van der Waals surface area (Å²) in [7, 11) is 0. The number of hydrogen-bond donors (Lipinski definition) is 2. The van der Waals surface area contributed by atoms with Crippen LogP contribution in [0.15, 0.2) is 98.0 Å². The Hall–Kier alpha value is -6.10. The quantitative estimate of drug-likeness (QED) is 0.257. The lowest BCUT2D eigenvalue weighted by molar-refractivity contribution is -0.126. The second-order valence-corrected chi connectivity index (χ2v) is 11.8. The maximum absolute atomic E-state index is 13.7. The largest absolute Gasteiger partial charge is 0.383 e. The highest BCUT2D eigenvalue weighted by Crippen LogP contribution is 2.36. The number of carbonyl (C=O) groups is 2. The predicted octanol–water partition coefficient (Wildman–Crippen LogP) is 4.74. The summed E-state index contributed by atoms with van der Waals surface area (Å²) in [5.41, 5.74) is 14.1. The van der Waals surface area contributed by atoms with E-state index in [1.165, 1.54) is 6.08 Å². The van der Waals surface area contributed by atoms with Crippen LogP contribution in [0.3, 0.4) is 0 Å². The maximum Gasteiger partial charge on any atom is 0.252 e. The minimum absolute atomic E-state index is 0.126. The van der Waals surface area contributed by atoms with Crippen LogP contribution < -0.4 is 11.1 Å². The van der Waals surface area contributed by atoms with Crippen molar-refractivity contribution in [1.82, 2.24) is 39.5 Å². The van der Waals surface area contributed by atoms with Crippen molar-refractivity contribution in [3.05, 3.63) is 126 Å². The molecule has 11 heteroatoms. The molecule has 6 aromatic rings. The molecule has 0 saturated carbocycles. The number of nitrogens with one attached hydrogen (secondary N) is 1. The number of aryl methyl sites for hydroxylation is 1. The Bertz CT molecular complexity index is 2200. The third-order valence-electron chi connectivity index (χ3n) is 9.08. The van der Waals surface area contributed by atoms with Crippen molar-refractivity contribution in [1.29, 1.82) is 0 Å². The first-order valence-corrected chi connectivity index (χ1v) is 15.5. The summed E-state index contributed by atoms with van der Waals surface area (Å²) in [6.07, 6.45) is 8.82. The molecule has 0 fully saturated rings. The Morgan fingerprint density at radius 3 is 2.72 bits per heavy atom. The molecule has 0 spiro atoms. The topological polar surface area (TPSA) is 137 Å². The van der Waals surface area contributed by atoms with Crippen molar-refractivity contribution >= 4 is 28.8 Å². The summed E-state index contributed by atoms with van der Waals surface area (Å²) in [6.45, 7) is 4.63. The van der Waals surface area contributed by atoms with Gasteiger partial charge < -0.3 is 16.0 Å². The van der Waals surface area contributed by atoms with Crippen LogP contribution in [-0.4, -0.2) is 52.6 Å². The number of anilines is 1. The van der Waals surface area contributed by atoms with Crippen molar-refractivity contribution in [3.63, 3.8) is 0 Å². The van der Waals surface area contributed by atoms with Crippen molar-refractivity contribution in [2.24, 2.45) is 0 Å². The highest BCUT2D eigenvalue weighted by molar-refractivity contribution is 5.97. The lowest BCUT2D eigenvalue weighted by Gasteiger charge is -2.29. The normalized spacial score (nSPS) is 15.3. The number of nitrogens with two attached hydrogens (primary N) is 1. The number of pyridine rings is 2. The third kappa shape index (κ3) is 4.92. The van der Waals surface area contributed by atoms with Gasteiger partial charge in [-0.25, -0.2) is 19.6 Å². The van der Waals surface area contributed by atoms with Gasteiger partial charge in [0.25, 0.3) is 5.91 Å². The number of hydrogen-bond acceptors (Lipinski definition) is 7. The predicted molar refractivity (Wildman–Crippen MR) is 178 cm³/mol. The van der Waals surface area contributed by atoms with E-state index < -0.39 is 0 Å². The van der Waals surface area contributed by atoms with E-state index >= 15 is 0 Å². The molecule has 47 heavy (non-hydrogen) atoms. The van der Waals surface area contributed by atoms with Crippen LogP contribution in [0.25, 0.3) is 34.1 Å². The maximum atomic E-state index is 13.7. The number of carbonyl (C=O) groups excluding carboxylic acids is 2. The van der Waals surface area contributed by atoms with Gasteiger partial charge in [0.1, 0.15) is 11.3 Å². The molecule has 2 aliphatic rings. The van der Waals surface area contributed by atoms with Crippen LogP contribution in [0.2, 0.25) is 0 Å². The van der Waals surface area contributed by atoms with Gasteiger partial charge in [-0.1, -0.05) is 24.8 Å². The van der Waals surface area contributed by atoms with Gasteiger partial charge in [0.15, 0.2) is 17.3 Å². The molecule has 232 valence electrons. The zero-order valence-corrected chi connectivity index (χ0v) is 25.5. The molecule has 11 nitrogen and oxygen atoms in total. The summed E-state index contributed by atoms with van der Waals surface area (Å²) < 4.78 is 3.72. The van der Waals surface area contributed by atoms with Gasteiger partial charge in [-0.3, -0.25) is 14.2 Å². The summed E-state index contributed by atoms with van der Waals surface area (Å²) in [5, 5.41) is 7.64. The molecule has 1 aliphatic carbocycles. The first kappa shape index (κ1) is 28.4. The Labute approximate surface area is 270 Å². The highest BCUT2D eigenvalue weighted by atomic mass is 16.2. The highest BCUT2D eigenvalue weighted by Gasteiger charge is 2.29. The van der Waals surface area contributed by atoms with Crippen LogP contribution in [0.1, 0.15) is 45.1 Å². The van der Waals surface area contributed by atoms with Gasteiger partial charge in [-0.05, 0) is 96.1 Å². The summed E-state index contributed by atoms with van der Waals surface area (Å²) in [4.78, 5) is 42.0. The molecule has 5 heterocycles. The monoisotopic (exact) mass is 621 g/mol. The number of benzene rings is 2. The smallest absolute Gasteiger partial charge is 0.252 e. The van der Waals surface area contributed by atoms with Crippen LogP contribution in [-0.2, 0) is 24.2 Å². The lowest BCUT2D eigenvalue weighted by atomic mass is 9.94. The van der Waals surface area contributed by atoms with Gasteiger partial charge in [0.05, 0.1) is 11.6 Å². The number of imidazole rings is 1. The molecule has 0 unspecified atom stereocenters. The van der Waals surface area contributed by atoms with E-state index in [4.69, 9.17) is 15.7 Å². The molecule has 1 aliphatic heterocycles. The second kappa shape index (κ2) is 11.4. The van der Waals surface area contributed by atoms with Crippen molar-refractivity contribution < 1.29 is 9.59 Å². The Morgan fingerprint density at radius 2 is 1.89 bits per heavy atom. The minimum atomic E-state index is -0.144. The van der Waals surface area contributed by atoms with Crippen LogP contribution >= 0.6 is 0 Å². The molecule has 3 N–H and O–H groups in total. The van der Waals surface area contributed by atoms with Crippen LogP contribution in [0.4, 0.5) is 5.82 Å². The van der Waals surface area contributed by atoms with E-state index in [9.17, 15) is 9.59 Å². The van der Waals surface area contributed by atoms with E-state index in [1.54, 1.807) is 22.0 Å². The van der Waals surface area contributed by atoms with Gasteiger partial charge in [-0.2, -0.15) is 5.10 Å². The number of amides is 2. The molecule has 0 bridgehead atoms. The van der Waals surface area contributed by atoms with Crippen molar-refractivity contribution in [3.8, 4) is 22.9 Å². The zero-order valence-electron chi connectivity index (χ0n) is 25.5. The molecular formula is C36H31N9O2. The molecular weight excluding hydrogens is 590 g/mol. The molecule has 8 rings (SSSR count). The fourth-order valence-electron chi connectivity index (χ4n) is 6.75. The van der Waals surface area contributed by atoms with E-state index in [0.717, 1.165) is 40.8 Å². The van der Waals surface area contributed by atoms with Gasteiger partial charge in [0.2, 0.25) is 5.91 Å². The van der Waals surface area contributed by atoms with E-state index in [0.29, 0.717) is 59.3 Å². The second-order valence-electron chi connectivity index (χ2n) is 11.8. The van der Waals surface area contributed by atoms with Gasteiger partial charge in [0, 0.05) is 42.9 Å². The van der Waals surface area contributed by atoms with Crippen LogP contribution in [0.5, 0.6) is 0 Å². The number of aromatic nitrogens is 6. The van der Waals surface area contributed by atoms with Gasteiger partial charge in [-0.15, -0.1) is 0 Å². The minimum Gasteiger partial charge on any atom is -0.383 e. The fraction of sp³-hybridized carbons (Fsp3) is 0.167. The molecule has 4 aromatic heterocycles. The average Bonchev–Trinajstić information content (AvgIpc) is 3.86. The molecule has 2 aromatic carbocycles. The number of nitrogens with zero attached hydrogens (tertiary/aromatic N) is 7. The average molecular weight is 622 g/mol. The Morgan fingerprint density at radius 1 is 0.979 bits per heavy atom. The zero-order chi connectivity index (χ0) is 32.1. The van der Waals surface area contributed by atoms with Crippen molar-refractivity contribution in [2.75, 3.05) is 12.3 Å². The SMILES string of the molecule is C=CC(=O)N1CCc2cccc(C(=O)N[C@@H]3CCc4cc(-n5c(-c6cccnc6N)nc6ccc(-n7cccn7)nc65)ccc43)c2C1. The summed E-state index contributed by atoms with van der Waals surface area (Å²) in [5.74, 6) is 1.41. The summed E-state index contributed by atoms with van der Waals surface area (Å²) in [6, 6.07) is 21.3. The fourth-order valence-corrected chi connectivity index (χ4v) is 6.75. The summed E-state index contributed by atoms with van der Waals surface area (Å²) >= 11 is 0. The van der Waals surface area contributed by atoms with E-state index in [1.807, 2.05) is 65.4 Å². The molecule has 0 radical (unpaired) electrons. The Kier molecular flexibility index (Phi) is 6.86. The van der Waals surface area contributed by atoms with Crippen molar-refractivity contribution in [2.45, 2.75) is 31.8 Å².